The van der Waals surface area contributed by atoms with Gasteiger partial charge in [0.1, 0.15) is 0 Å². The largest absolute Gasteiger partial charge is 0.313 e. The zero-order valence-corrected chi connectivity index (χ0v) is 12.6. The summed E-state index contributed by atoms with van der Waals surface area (Å²) in [6.45, 7) is 5.60. The van der Waals surface area contributed by atoms with Crippen molar-refractivity contribution < 1.29 is 0 Å². The maximum absolute atomic E-state index is 6.27. The van der Waals surface area contributed by atoms with Gasteiger partial charge in [-0.15, -0.1) is 0 Å². The second-order valence-corrected chi connectivity index (χ2v) is 6.14. The minimum absolute atomic E-state index is 0.538. The standard InChI is InChI=1S/C15H21Cl2N/c1-3-7-18-14(12-8-10(12)2)9-11-5-4-6-13(16)15(11)17/h4-6,10,12,14,18H,3,7-9H2,1-2H3. The van der Waals surface area contributed by atoms with Crippen LogP contribution in [0.25, 0.3) is 0 Å². The van der Waals surface area contributed by atoms with E-state index in [1.807, 2.05) is 12.1 Å². The average Bonchev–Trinajstić information content (AvgIpc) is 3.07. The molecule has 100 valence electrons. The minimum Gasteiger partial charge on any atom is -0.313 e. The van der Waals surface area contributed by atoms with Gasteiger partial charge in [0.15, 0.2) is 0 Å². The molecule has 3 heteroatoms. The van der Waals surface area contributed by atoms with Crippen molar-refractivity contribution in [3.8, 4) is 0 Å². The molecule has 3 atom stereocenters. The third-order valence-corrected chi connectivity index (χ3v) is 4.67. The first kappa shape index (κ1) is 14.2. The van der Waals surface area contributed by atoms with Crippen molar-refractivity contribution in [2.24, 2.45) is 11.8 Å². The molecule has 1 nitrogen and oxygen atoms in total. The summed E-state index contributed by atoms with van der Waals surface area (Å²) < 4.78 is 0. The molecule has 2 rings (SSSR count). The topological polar surface area (TPSA) is 12.0 Å². The molecule has 1 aliphatic rings. The van der Waals surface area contributed by atoms with Gasteiger partial charge in [0.25, 0.3) is 0 Å². The van der Waals surface area contributed by atoms with E-state index in [9.17, 15) is 0 Å². The van der Waals surface area contributed by atoms with E-state index in [2.05, 4.69) is 25.2 Å². The fourth-order valence-electron chi connectivity index (χ4n) is 2.56. The predicted molar refractivity (Wildman–Crippen MR) is 79.5 cm³/mol. The van der Waals surface area contributed by atoms with E-state index in [0.717, 1.165) is 35.4 Å². The molecule has 0 spiro atoms. The van der Waals surface area contributed by atoms with Crippen LogP contribution in [0.2, 0.25) is 10.0 Å². The molecule has 0 aliphatic heterocycles. The molecule has 1 aromatic carbocycles. The van der Waals surface area contributed by atoms with Crippen molar-refractivity contribution in [3.05, 3.63) is 33.8 Å². The lowest BCUT2D eigenvalue weighted by molar-refractivity contribution is 0.443. The molecule has 0 radical (unpaired) electrons. The Kier molecular flexibility index (Phi) is 4.94. The molecule has 1 aliphatic carbocycles. The molecule has 0 heterocycles. The van der Waals surface area contributed by atoms with E-state index >= 15 is 0 Å². The summed E-state index contributed by atoms with van der Waals surface area (Å²) in [5, 5.41) is 5.03. The lowest BCUT2D eigenvalue weighted by Crippen LogP contribution is -2.34. The number of halogens is 2. The van der Waals surface area contributed by atoms with Crippen LogP contribution in [0.15, 0.2) is 18.2 Å². The number of rotatable bonds is 6. The zero-order chi connectivity index (χ0) is 13.1. The molecule has 1 N–H and O–H groups in total. The Morgan fingerprint density at radius 2 is 2.11 bits per heavy atom. The lowest BCUT2D eigenvalue weighted by Gasteiger charge is -2.19. The number of benzene rings is 1. The van der Waals surface area contributed by atoms with E-state index in [1.165, 1.54) is 12.8 Å². The molecule has 1 fully saturated rings. The van der Waals surface area contributed by atoms with Gasteiger partial charge >= 0.3 is 0 Å². The quantitative estimate of drug-likeness (QED) is 0.808. The second-order valence-electron chi connectivity index (χ2n) is 5.35. The van der Waals surface area contributed by atoms with Crippen molar-refractivity contribution in [2.75, 3.05) is 6.54 Å². The van der Waals surface area contributed by atoms with Crippen LogP contribution in [0.3, 0.4) is 0 Å². The van der Waals surface area contributed by atoms with Gasteiger partial charge in [-0.1, -0.05) is 49.2 Å². The Hall–Kier alpha value is -0.240. The van der Waals surface area contributed by atoms with Crippen LogP contribution in [0.1, 0.15) is 32.3 Å². The fraction of sp³-hybridized carbons (Fsp3) is 0.600. The molecular formula is C15H21Cl2N. The second kappa shape index (κ2) is 6.27. The van der Waals surface area contributed by atoms with Crippen molar-refractivity contribution in [1.82, 2.24) is 5.32 Å². The Labute approximate surface area is 120 Å². The highest BCUT2D eigenvalue weighted by Crippen LogP contribution is 2.42. The molecule has 0 aromatic heterocycles. The monoisotopic (exact) mass is 285 g/mol. The zero-order valence-electron chi connectivity index (χ0n) is 11.0. The van der Waals surface area contributed by atoms with Gasteiger partial charge in [0.2, 0.25) is 0 Å². The van der Waals surface area contributed by atoms with E-state index in [1.54, 1.807) is 0 Å². The van der Waals surface area contributed by atoms with Gasteiger partial charge in [-0.3, -0.25) is 0 Å². The Bertz CT molecular complexity index is 405. The first-order chi connectivity index (χ1) is 8.63. The SMILES string of the molecule is CCCNC(Cc1cccc(Cl)c1Cl)C1CC1C. The smallest absolute Gasteiger partial charge is 0.0624 e. The van der Waals surface area contributed by atoms with Crippen LogP contribution in [0.5, 0.6) is 0 Å². The molecule has 1 saturated carbocycles. The molecular weight excluding hydrogens is 265 g/mol. The summed E-state index contributed by atoms with van der Waals surface area (Å²) in [4.78, 5) is 0. The summed E-state index contributed by atoms with van der Waals surface area (Å²) in [6.07, 6.45) is 3.48. The van der Waals surface area contributed by atoms with Crippen LogP contribution in [0, 0.1) is 11.8 Å². The van der Waals surface area contributed by atoms with Crippen LogP contribution in [0.4, 0.5) is 0 Å². The van der Waals surface area contributed by atoms with Crippen molar-refractivity contribution in [3.63, 3.8) is 0 Å². The van der Waals surface area contributed by atoms with Crippen LogP contribution in [-0.4, -0.2) is 12.6 Å². The molecule has 1 aromatic rings. The average molecular weight is 286 g/mol. The van der Waals surface area contributed by atoms with Gasteiger partial charge in [0.05, 0.1) is 10.0 Å². The van der Waals surface area contributed by atoms with Crippen LogP contribution >= 0.6 is 23.2 Å². The Morgan fingerprint density at radius 3 is 2.72 bits per heavy atom. The van der Waals surface area contributed by atoms with Gasteiger partial charge in [-0.25, -0.2) is 0 Å². The van der Waals surface area contributed by atoms with Crippen molar-refractivity contribution >= 4 is 23.2 Å². The maximum atomic E-state index is 6.27. The predicted octanol–water partition coefficient (Wildman–Crippen LogP) is 4.56. The third-order valence-electron chi connectivity index (χ3n) is 3.82. The summed E-state index contributed by atoms with van der Waals surface area (Å²) in [7, 11) is 0. The number of nitrogens with one attached hydrogen (secondary N) is 1. The van der Waals surface area contributed by atoms with Gasteiger partial charge in [-0.2, -0.15) is 0 Å². The molecule has 18 heavy (non-hydrogen) atoms. The fourth-order valence-corrected chi connectivity index (χ4v) is 2.96. The van der Waals surface area contributed by atoms with E-state index in [0.29, 0.717) is 11.1 Å². The lowest BCUT2D eigenvalue weighted by atomic mass is 10.0. The number of hydrogen-bond donors (Lipinski definition) is 1. The molecule has 0 bridgehead atoms. The third kappa shape index (κ3) is 3.40. The van der Waals surface area contributed by atoms with E-state index in [-0.39, 0.29) is 0 Å². The summed E-state index contributed by atoms with van der Waals surface area (Å²) >= 11 is 12.3. The highest BCUT2D eigenvalue weighted by Gasteiger charge is 2.39. The summed E-state index contributed by atoms with van der Waals surface area (Å²) in [6, 6.07) is 6.45. The van der Waals surface area contributed by atoms with Gasteiger partial charge < -0.3 is 5.32 Å². The normalized spacial score (nSPS) is 24.0. The van der Waals surface area contributed by atoms with Crippen molar-refractivity contribution in [1.29, 1.82) is 0 Å². The van der Waals surface area contributed by atoms with Crippen molar-refractivity contribution in [2.45, 2.75) is 39.2 Å². The first-order valence-electron chi connectivity index (χ1n) is 6.79. The molecule has 0 saturated heterocycles. The summed E-state index contributed by atoms with van der Waals surface area (Å²) in [5.74, 6) is 1.64. The van der Waals surface area contributed by atoms with Crippen LogP contribution < -0.4 is 5.32 Å². The Balaban J connectivity index is 2.05. The minimum atomic E-state index is 0.538. The summed E-state index contributed by atoms with van der Waals surface area (Å²) in [5.41, 5.74) is 1.16. The maximum Gasteiger partial charge on any atom is 0.0624 e. The molecule has 0 amide bonds. The van der Waals surface area contributed by atoms with Crippen LogP contribution in [-0.2, 0) is 6.42 Å². The van der Waals surface area contributed by atoms with E-state index < -0.39 is 0 Å². The van der Waals surface area contributed by atoms with Gasteiger partial charge in [-0.05, 0) is 49.3 Å². The highest BCUT2D eigenvalue weighted by molar-refractivity contribution is 6.42. The molecule has 3 unspecified atom stereocenters. The highest BCUT2D eigenvalue weighted by atomic mass is 35.5. The number of hydrogen-bond acceptors (Lipinski definition) is 1. The first-order valence-corrected chi connectivity index (χ1v) is 7.55. The Morgan fingerprint density at radius 1 is 1.39 bits per heavy atom. The van der Waals surface area contributed by atoms with Gasteiger partial charge in [0, 0.05) is 6.04 Å². The van der Waals surface area contributed by atoms with E-state index in [4.69, 9.17) is 23.2 Å².